The zero-order valence-corrected chi connectivity index (χ0v) is 20.8. The Morgan fingerprint density at radius 1 is 0.912 bits per heavy atom. The fraction of sp³-hybridized carbons (Fsp3) is 0.417. The minimum absolute atomic E-state index is 0.192. The second-order valence-corrected chi connectivity index (χ2v) is 7.27. The number of azo groups is 1. The number of rotatable bonds is 13. The van der Waals surface area contributed by atoms with Crippen molar-refractivity contribution in [2.24, 2.45) is 10.2 Å². The number of hydrogen-bond donors (Lipinski definition) is 1. The minimum Gasteiger partial charge on any atom is -0.494 e. The van der Waals surface area contributed by atoms with Gasteiger partial charge in [0.1, 0.15) is 17.2 Å². The summed E-state index contributed by atoms with van der Waals surface area (Å²) in [5, 5.41) is 11.0. The van der Waals surface area contributed by atoms with Crippen LogP contribution in [0.2, 0.25) is 5.02 Å². The number of ether oxygens (including phenoxy) is 4. The van der Waals surface area contributed by atoms with Crippen molar-refractivity contribution in [3.63, 3.8) is 0 Å². The van der Waals surface area contributed by atoms with E-state index in [1.54, 1.807) is 37.3 Å². The van der Waals surface area contributed by atoms with Crippen LogP contribution >= 0.6 is 11.6 Å². The molecule has 10 heteroatoms. The Morgan fingerprint density at radius 2 is 1.50 bits per heavy atom. The molecule has 0 aliphatic heterocycles. The van der Waals surface area contributed by atoms with Gasteiger partial charge in [-0.15, -0.1) is 0 Å². The van der Waals surface area contributed by atoms with Crippen molar-refractivity contribution >= 4 is 34.7 Å². The van der Waals surface area contributed by atoms with E-state index in [1.807, 2.05) is 20.8 Å². The third-order valence-electron chi connectivity index (χ3n) is 4.32. The lowest BCUT2D eigenvalue weighted by Crippen LogP contribution is -2.32. The molecule has 2 aromatic rings. The molecule has 0 radical (unpaired) electrons. The summed E-state index contributed by atoms with van der Waals surface area (Å²) in [6.07, 6.45) is 0. The van der Waals surface area contributed by atoms with Gasteiger partial charge in [0.25, 0.3) is 5.91 Å². The number of carbonyl (C=O) groups excluding carboxylic acids is 2. The summed E-state index contributed by atoms with van der Waals surface area (Å²) in [5.74, 6) is 0.552. The Morgan fingerprint density at radius 3 is 2.03 bits per heavy atom. The molecule has 0 spiro atoms. The summed E-state index contributed by atoms with van der Waals surface area (Å²) < 4.78 is 22.3. The highest BCUT2D eigenvalue weighted by Crippen LogP contribution is 2.41. The third-order valence-corrected chi connectivity index (χ3v) is 4.63. The highest BCUT2D eigenvalue weighted by Gasteiger charge is 2.26. The smallest absolute Gasteiger partial charge is 0.258 e. The van der Waals surface area contributed by atoms with Crippen molar-refractivity contribution in [1.29, 1.82) is 0 Å². The lowest BCUT2D eigenvalue weighted by Gasteiger charge is -2.18. The van der Waals surface area contributed by atoms with Gasteiger partial charge in [-0.05, 0) is 46.8 Å². The van der Waals surface area contributed by atoms with Crippen molar-refractivity contribution in [2.75, 3.05) is 31.7 Å². The molecule has 9 nitrogen and oxygen atoms in total. The number of carbonyl (C=O) groups is 2. The number of anilines is 1. The molecule has 34 heavy (non-hydrogen) atoms. The molecule has 1 N–H and O–H groups in total. The predicted molar refractivity (Wildman–Crippen MR) is 130 cm³/mol. The lowest BCUT2D eigenvalue weighted by molar-refractivity contribution is -0.126. The monoisotopic (exact) mass is 491 g/mol. The molecule has 0 saturated carbocycles. The Kier molecular flexibility index (Phi) is 10.6. The molecule has 0 aromatic heterocycles. The number of halogens is 1. The van der Waals surface area contributed by atoms with Gasteiger partial charge in [0.05, 0.1) is 37.1 Å². The van der Waals surface area contributed by atoms with E-state index >= 15 is 0 Å². The van der Waals surface area contributed by atoms with Crippen molar-refractivity contribution in [3.8, 4) is 23.0 Å². The normalized spacial score (nSPS) is 11.7. The van der Waals surface area contributed by atoms with Gasteiger partial charge < -0.3 is 24.3 Å². The van der Waals surface area contributed by atoms with Gasteiger partial charge >= 0.3 is 0 Å². The number of Topliss-reactive ketones (excluding diaryl/α,β-unsaturated/α-hetero) is 1. The molecule has 0 fully saturated rings. The van der Waals surface area contributed by atoms with Gasteiger partial charge in [-0.1, -0.05) is 11.6 Å². The van der Waals surface area contributed by atoms with E-state index in [9.17, 15) is 9.59 Å². The fourth-order valence-electron chi connectivity index (χ4n) is 2.96. The van der Waals surface area contributed by atoms with Gasteiger partial charge in [-0.3, -0.25) is 9.59 Å². The van der Waals surface area contributed by atoms with E-state index in [-0.39, 0.29) is 16.5 Å². The zero-order chi connectivity index (χ0) is 25.1. The van der Waals surface area contributed by atoms with E-state index in [4.69, 9.17) is 30.5 Å². The van der Waals surface area contributed by atoms with E-state index in [1.165, 1.54) is 6.92 Å². The number of nitrogens with one attached hydrogen (secondary N) is 1. The largest absolute Gasteiger partial charge is 0.494 e. The number of hydrogen-bond acceptors (Lipinski definition) is 8. The van der Waals surface area contributed by atoms with Crippen LogP contribution in [0.25, 0.3) is 0 Å². The van der Waals surface area contributed by atoms with Gasteiger partial charge in [0.2, 0.25) is 6.04 Å². The van der Waals surface area contributed by atoms with Crippen LogP contribution in [-0.4, -0.2) is 44.2 Å². The average molecular weight is 492 g/mol. The Bertz CT molecular complexity index is 1000. The van der Waals surface area contributed by atoms with Crippen molar-refractivity contribution < 1.29 is 28.5 Å². The molecule has 0 bridgehead atoms. The lowest BCUT2D eigenvalue weighted by atomic mass is 10.2. The van der Waals surface area contributed by atoms with E-state index in [2.05, 4.69) is 15.5 Å². The molecule has 2 rings (SSSR count). The molecule has 0 heterocycles. The Hall–Kier alpha value is -3.33. The van der Waals surface area contributed by atoms with Crippen LogP contribution in [0.3, 0.4) is 0 Å². The molecule has 0 saturated heterocycles. The van der Waals surface area contributed by atoms with E-state index < -0.39 is 17.7 Å². The number of benzene rings is 2. The van der Waals surface area contributed by atoms with Gasteiger partial charge in [0.15, 0.2) is 17.3 Å². The summed E-state index contributed by atoms with van der Waals surface area (Å²) in [6.45, 7) is 10.2. The standard InChI is InChI=1S/C24H30ClN3O6/c1-6-31-17-12-16(13-18(14-17)32-7-2)27-28-21(15(5)29)24(30)26-22-19(25)10-11-20(33-8-3)23(22)34-9-4/h10-14,21H,6-9H2,1-5H3,(H,26,30). The zero-order valence-electron chi connectivity index (χ0n) is 20.0. The second-order valence-electron chi connectivity index (χ2n) is 6.86. The summed E-state index contributed by atoms with van der Waals surface area (Å²) in [7, 11) is 0. The first-order chi connectivity index (χ1) is 16.3. The second kappa shape index (κ2) is 13.4. The van der Waals surface area contributed by atoms with Crippen molar-refractivity contribution in [3.05, 3.63) is 35.4 Å². The highest BCUT2D eigenvalue weighted by molar-refractivity contribution is 6.34. The quantitative estimate of drug-likeness (QED) is 0.288. The number of ketones is 1. The van der Waals surface area contributed by atoms with Crippen LogP contribution in [-0.2, 0) is 9.59 Å². The fourth-order valence-corrected chi connectivity index (χ4v) is 3.16. The molecule has 2 aromatic carbocycles. The molecule has 1 atom stereocenters. The first-order valence-electron chi connectivity index (χ1n) is 11.0. The van der Waals surface area contributed by atoms with Gasteiger partial charge in [-0.2, -0.15) is 10.2 Å². The summed E-state index contributed by atoms with van der Waals surface area (Å²) in [5.41, 5.74) is 0.567. The summed E-state index contributed by atoms with van der Waals surface area (Å²) in [6, 6.07) is 6.82. The van der Waals surface area contributed by atoms with Gasteiger partial charge in [0, 0.05) is 18.2 Å². The molecular weight excluding hydrogens is 462 g/mol. The molecule has 1 amide bonds. The van der Waals surface area contributed by atoms with Crippen LogP contribution in [0.5, 0.6) is 23.0 Å². The van der Waals surface area contributed by atoms with Crippen LogP contribution < -0.4 is 24.3 Å². The highest BCUT2D eigenvalue weighted by atomic mass is 35.5. The topological polar surface area (TPSA) is 108 Å². The first-order valence-corrected chi connectivity index (χ1v) is 11.4. The first kappa shape index (κ1) is 26.9. The average Bonchev–Trinajstić information content (AvgIpc) is 2.78. The summed E-state index contributed by atoms with van der Waals surface area (Å²) >= 11 is 6.32. The van der Waals surface area contributed by atoms with Crippen molar-refractivity contribution in [2.45, 2.75) is 40.7 Å². The minimum atomic E-state index is -1.41. The number of amides is 1. The molecule has 0 aliphatic carbocycles. The Labute approximate surface area is 204 Å². The molecule has 1 unspecified atom stereocenters. The maximum atomic E-state index is 13.0. The molecule has 184 valence electrons. The predicted octanol–water partition coefficient (Wildman–Crippen LogP) is 5.61. The molecular formula is C24H30ClN3O6. The van der Waals surface area contributed by atoms with E-state index in [0.29, 0.717) is 49.4 Å². The van der Waals surface area contributed by atoms with Crippen LogP contribution in [0, 0.1) is 0 Å². The maximum Gasteiger partial charge on any atom is 0.258 e. The Balaban J connectivity index is 2.35. The van der Waals surface area contributed by atoms with Crippen LogP contribution in [0.15, 0.2) is 40.6 Å². The molecule has 0 aliphatic rings. The SMILES string of the molecule is CCOc1cc(N=NC(C(C)=O)C(=O)Nc2c(Cl)ccc(OCC)c2OCC)cc(OCC)c1. The summed E-state index contributed by atoms with van der Waals surface area (Å²) in [4.78, 5) is 25.2. The number of nitrogens with zero attached hydrogens (tertiary/aromatic N) is 2. The van der Waals surface area contributed by atoms with Crippen LogP contribution in [0.4, 0.5) is 11.4 Å². The van der Waals surface area contributed by atoms with Crippen molar-refractivity contribution in [1.82, 2.24) is 0 Å². The maximum absolute atomic E-state index is 13.0. The van der Waals surface area contributed by atoms with Crippen LogP contribution in [0.1, 0.15) is 34.6 Å². The van der Waals surface area contributed by atoms with E-state index in [0.717, 1.165) is 0 Å². The van der Waals surface area contributed by atoms with Gasteiger partial charge in [-0.25, -0.2) is 0 Å². The third kappa shape index (κ3) is 7.34.